The van der Waals surface area contributed by atoms with Crippen molar-refractivity contribution in [1.82, 2.24) is 19.9 Å². The van der Waals surface area contributed by atoms with E-state index < -0.39 is 29.0 Å². The van der Waals surface area contributed by atoms with Gasteiger partial charge >= 0.3 is 12.4 Å². The van der Waals surface area contributed by atoms with Crippen LogP contribution in [0.2, 0.25) is 0 Å². The Morgan fingerprint density at radius 2 is 1.14 bits per heavy atom. The number of halogens is 6. The zero-order valence-corrected chi connectivity index (χ0v) is 28.2. The highest BCUT2D eigenvalue weighted by Gasteiger charge is 2.36. The number of alkyl halides is 6. The number of aromatic nitrogens is 4. The third-order valence-electron chi connectivity index (χ3n) is 7.93. The molecule has 13 heteroatoms. The van der Waals surface area contributed by atoms with Crippen LogP contribution in [0.1, 0.15) is 38.3 Å². The van der Waals surface area contributed by atoms with Crippen molar-refractivity contribution in [1.29, 1.82) is 0 Å². The molecular weight excluding hydrogens is 672 g/mol. The summed E-state index contributed by atoms with van der Waals surface area (Å²) in [6.07, 6.45) is 1.11. The molecule has 0 saturated heterocycles. The number of benzene rings is 2. The van der Waals surface area contributed by atoms with Gasteiger partial charge in [-0.15, -0.1) is 0 Å². The number of hydrogen-bond donors (Lipinski definition) is 1. The van der Waals surface area contributed by atoms with Crippen LogP contribution in [0.15, 0.2) is 97.8 Å². The van der Waals surface area contributed by atoms with E-state index in [1.165, 1.54) is 19.2 Å². The van der Waals surface area contributed by atoms with E-state index >= 15 is 0 Å². The maximum atomic E-state index is 13.8. The van der Waals surface area contributed by atoms with Gasteiger partial charge in [0.25, 0.3) is 0 Å². The lowest BCUT2D eigenvalue weighted by Crippen LogP contribution is -2.43. The van der Waals surface area contributed by atoms with Crippen LogP contribution in [0.3, 0.4) is 0 Å². The first kappa shape index (κ1) is 37.0. The lowest BCUT2D eigenvalue weighted by molar-refractivity contribution is -0.139. The van der Waals surface area contributed by atoms with E-state index in [-0.39, 0.29) is 18.1 Å². The minimum Gasteiger partial charge on any atom is -0.496 e. The van der Waals surface area contributed by atoms with Gasteiger partial charge in [0.2, 0.25) is 0 Å². The summed E-state index contributed by atoms with van der Waals surface area (Å²) in [5, 5.41) is 1.38. The Morgan fingerprint density at radius 1 is 0.667 bits per heavy atom. The topological polar surface area (TPSA) is 96.0 Å². The first-order valence-corrected chi connectivity index (χ1v) is 15.8. The van der Waals surface area contributed by atoms with E-state index in [1.807, 2.05) is 13.8 Å². The monoisotopic (exact) mass is 707 g/mol. The van der Waals surface area contributed by atoms with E-state index in [4.69, 9.17) is 15.2 Å². The van der Waals surface area contributed by atoms with Crippen LogP contribution in [-0.2, 0) is 12.4 Å². The van der Waals surface area contributed by atoms with E-state index in [9.17, 15) is 26.3 Å². The second-order valence-electron chi connectivity index (χ2n) is 12.7. The van der Waals surface area contributed by atoms with Crippen molar-refractivity contribution in [3.05, 3.63) is 109 Å². The summed E-state index contributed by atoms with van der Waals surface area (Å²) in [7, 11) is 1.22. The first-order chi connectivity index (χ1) is 24.1. The van der Waals surface area contributed by atoms with Crippen LogP contribution >= 0.6 is 0 Å². The molecule has 6 aromatic rings. The Balaban J connectivity index is 0.000000205. The fourth-order valence-corrected chi connectivity index (χ4v) is 5.86. The third-order valence-corrected chi connectivity index (χ3v) is 7.93. The van der Waals surface area contributed by atoms with Gasteiger partial charge in [0.15, 0.2) is 0 Å². The average molecular weight is 708 g/mol. The van der Waals surface area contributed by atoms with Gasteiger partial charge in [0.05, 0.1) is 29.3 Å². The molecule has 0 saturated carbocycles. The van der Waals surface area contributed by atoms with Crippen molar-refractivity contribution in [3.63, 3.8) is 0 Å². The molecule has 0 aliphatic heterocycles. The molecule has 0 aliphatic rings. The highest BCUT2D eigenvalue weighted by atomic mass is 19.4. The van der Waals surface area contributed by atoms with Crippen molar-refractivity contribution >= 4 is 21.8 Å². The number of pyridine rings is 4. The number of ether oxygens (including phenoxy) is 2. The Morgan fingerprint density at radius 3 is 1.59 bits per heavy atom. The van der Waals surface area contributed by atoms with Gasteiger partial charge in [-0.1, -0.05) is 26.0 Å². The summed E-state index contributed by atoms with van der Waals surface area (Å²) < 4.78 is 91.0. The summed E-state index contributed by atoms with van der Waals surface area (Å²) in [6, 6.07) is 14.9. The average Bonchev–Trinajstić information content (AvgIpc) is 3.09. The standard InChI is InChI=1S/C22H24F3N3O.C16H11F3N2O/c1-14(2)11-21(3,26)13-29-20-5-4-15(10-18(20)22(23,24)25)16-6-9-28-19-7-8-27-12-17(16)19;1-22-15-3-2-10(8-13(15)16(17,18)19)11-4-7-21-14-5-6-20-9-12(11)14/h4-10,12,14H,11,13,26H2,1-3H3;2-9H,1H3/t21-;/m0./s1. The van der Waals surface area contributed by atoms with Crippen LogP contribution in [0.5, 0.6) is 11.5 Å². The Hall–Kier alpha value is -5.30. The van der Waals surface area contributed by atoms with Crippen molar-refractivity contribution < 1.29 is 35.8 Å². The SMILES string of the molecule is CC(C)C[C@](C)(N)COc1ccc(-c2ccnc3ccncc23)cc1C(F)(F)F.COc1ccc(-c2ccnc3ccncc23)cc1C(F)(F)F. The summed E-state index contributed by atoms with van der Waals surface area (Å²) in [4.78, 5) is 16.5. The lowest BCUT2D eigenvalue weighted by atomic mass is 9.93. The van der Waals surface area contributed by atoms with Crippen molar-refractivity contribution in [2.45, 2.75) is 45.1 Å². The molecule has 6 rings (SSSR count). The third kappa shape index (κ3) is 8.90. The van der Waals surface area contributed by atoms with Crippen LogP contribution in [0.25, 0.3) is 44.1 Å². The number of hydrogen-bond acceptors (Lipinski definition) is 7. The fourth-order valence-electron chi connectivity index (χ4n) is 5.86. The molecule has 0 amide bonds. The largest absolute Gasteiger partial charge is 0.496 e. The van der Waals surface area contributed by atoms with Crippen LogP contribution in [0.4, 0.5) is 26.3 Å². The second-order valence-corrected chi connectivity index (χ2v) is 12.7. The Bertz CT molecular complexity index is 2120. The first-order valence-electron chi connectivity index (χ1n) is 15.8. The van der Waals surface area contributed by atoms with Gasteiger partial charge < -0.3 is 15.2 Å². The van der Waals surface area contributed by atoms with Crippen LogP contribution < -0.4 is 15.2 Å². The summed E-state index contributed by atoms with van der Waals surface area (Å²) in [5.74, 6) is -0.113. The van der Waals surface area contributed by atoms with Gasteiger partial charge in [-0.3, -0.25) is 19.9 Å². The molecule has 2 N–H and O–H groups in total. The lowest BCUT2D eigenvalue weighted by Gasteiger charge is -2.27. The molecule has 2 aromatic carbocycles. The van der Waals surface area contributed by atoms with Gasteiger partial charge in [0.1, 0.15) is 18.1 Å². The zero-order chi connectivity index (χ0) is 37.0. The molecule has 0 radical (unpaired) electrons. The van der Waals surface area contributed by atoms with Crippen LogP contribution in [-0.4, -0.2) is 39.2 Å². The second kappa shape index (κ2) is 14.9. The van der Waals surface area contributed by atoms with Crippen molar-refractivity contribution in [3.8, 4) is 33.8 Å². The zero-order valence-electron chi connectivity index (χ0n) is 28.2. The molecule has 0 spiro atoms. The molecule has 0 fully saturated rings. The molecule has 4 heterocycles. The molecule has 0 unspecified atom stereocenters. The van der Waals surface area contributed by atoms with Crippen LogP contribution in [0, 0.1) is 5.92 Å². The maximum Gasteiger partial charge on any atom is 0.419 e. The van der Waals surface area contributed by atoms with Gasteiger partial charge in [-0.25, -0.2) is 0 Å². The maximum absolute atomic E-state index is 13.8. The number of nitrogens with two attached hydrogens (primary N) is 1. The van der Waals surface area contributed by atoms with E-state index in [2.05, 4.69) is 19.9 Å². The van der Waals surface area contributed by atoms with Gasteiger partial charge in [-0.05, 0) is 90.0 Å². The molecule has 0 bridgehead atoms. The summed E-state index contributed by atoms with van der Waals surface area (Å²) in [5.41, 5.74) is 7.31. The smallest absolute Gasteiger partial charge is 0.419 e. The van der Waals surface area contributed by atoms with Gasteiger partial charge in [0, 0.05) is 53.5 Å². The number of methoxy groups -OCH3 is 1. The molecule has 4 aromatic heterocycles. The van der Waals surface area contributed by atoms with Crippen molar-refractivity contribution in [2.24, 2.45) is 11.7 Å². The number of nitrogens with zero attached hydrogens (tertiary/aromatic N) is 4. The van der Waals surface area contributed by atoms with E-state index in [0.717, 1.165) is 12.1 Å². The quantitative estimate of drug-likeness (QED) is 0.157. The molecule has 7 nitrogen and oxygen atoms in total. The van der Waals surface area contributed by atoms with E-state index in [0.29, 0.717) is 56.4 Å². The van der Waals surface area contributed by atoms with E-state index in [1.54, 1.807) is 80.5 Å². The highest BCUT2D eigenvalue weighted by molar-refractivity contribution is 5.94. The van der Waals surface area contributed by atoms with Gasteiger partial charge in [-0.2, -0.15) is 26.3 Å². The molecule has 266 valence electrons. The number of fused-ring (bicyclic) bond motifs is 2. The highest BCUT2D eigenvalue weighted by Crippen LogP contribution is 2.41. The predicted octanol–water partition coefficient (Wildman–Crippen LogP) is 9.78. The molecular formula is C38H35F6N5O2. The summed E-state index contributed by atoms with van der Waals surface area (Å²) in [6.45, 7) is 5.80. The Kier molecular flexibility index (Phi) is 10.8. The molecule has 51 heavy (non-hydrogen) atoms. The summed E-state index contributed by atoms with van der Waals surface area (Å²) >= 11 is 0. The predicted molar refractivity (Wildman–Crippen MR) is 184 cm³/mol. The van der Waals surface area contributed by atoms with Crippen molar-refractivity contribution in [2.75, 3.05) is 13.7 Å². The molecule has 1 atom stereocenters. The minimum atomic E-state index is -4.56. The number of rotatable bonds is 8. The fraction of sp³-hybridized carbons (Fsp3) is 0.263. The minimum absolute atomic E-state index is 0.00425. The normalized spacial score (nSPS) is 13.1. The molecule has 0 aliphatic carbocycles. The Labute approximate surface area is 290 Å².